The van der Waals surface area contributed by atoms with Gasteiger partial charge in [0.1, 0.15) is 0 Å². The Hall–Kier alpha value is -1.59. The highest BCUT2D eigenvalue weighted by molar-refractivity contribution is 6.31. The van der Waals surface area contributed by atoms with Crippen LogP contribution >= 0.6 is 11.6 Å². The van der Waals surface area contributed by atoms with Crippen LogP contribution in [0.15, 0.2) is 18.2 Å². The number of anilines is 1. The van der Waals surface area contributed by atoms with E-state index in [-0.39, 0.29) is 30.3 Å². The molecule has 2 atom stereocenters. The minimum absolute atomic E-state index is 0.0396. The normalized spacial score (nSPS) is 24.3. The lowest BCUT2D eigenvalue weighted by atomic mass is 10.1. The van der Waals surface area contributed by atoms with Gasteiger partial charge in [0, 0.05) is 36.8 Å². The predicted octanol–water partition coefficient (Wildman–Crippen LogP) is 2.30. The van der Waals surface area contributed by atoms with Gasteiger partial charge in [-0.15, -0.1) is 0 Å². The number of aryl methyl sites for hydroxylation is 1. The van der Waals surface area contributed by atoms with Gasteiger partial charge in [-0.2, -0.15) is 0 Å². The quantitative estimate of drug-likeness (QED) is 0.917. The molecule has 2 aliphatic heterocycles. The van der Waals surface area contributed by atoms with Crippen LogP contribution in [-0.2, 0) is 14.3 Å². The fourth-order valence-electron chi connectivity index (χ4n) is 3.05. The molecule has 1 aromatic carbocycles. The van der Waals surface area contributed by atoms with Crippen LogP contribution in [0, 0.1) is 12.8 Å². The van der Waals surface area contributed by atoms with E-state index in [0.29, 0.717) is 18.1 Å². The Kier molecular flexibility index (Phi) is 4.87. The molecule has 3 rings (SSSR count). The predicted molar refractivity (Wildman–Crippen MR) is 88.6 cm³/mol. The summed E-state index contributed by atoms with van der Waals surface area (Å²) >= 11 is 6.13. The summed E-state index contributed by atoms with van der Waals surface area (Å²) in [5.41, 5.74) is 1.72. The van der Waals surface area contributed by atoms with Gasteiger partial charge in [-0.05, 0) is 37.5 Å². The zero-order valence-corrected chi connectivity index (χ0v) is 13.9. The Labute approximate surface area is 140 Å². The first-order chi connectivity index (χ1) is 11.0. The van der Waals surface area contributed by atoms with Crippen LogP contribution in [0.5, 0.6) is 0 Å². The number of carbonyl (C=O) groups is 2. The lowest BCUT2D eigenvalue weighted by molar-refractivity contribution is -0.126. The van der Waals surface area contributed by atoms with Crippen LogP contribution in [0.1, 0.15) is 24.8 Å². The summed E-state index contributed by atoms with van der Waals surface area (Å²) in [7, 11) is 0. The van der Waals surface area contributed by atoms with Gasteiger partial charge in [0.05, 0.1) is 12.0 Å². The molecule has 0 aromatic heterocycles. The Bertz CT molecular complexity index is 614. The lowest BCUT2D eigenvalue weighted by Gasteiger charge is -2.18. The van der Waals surface area contributed by atoms with Crippen molar-refractivity contribution >= 4 is 29.1 Å². The van der Waals surface area contributed by atoms with Crippen LogP contribution < -0.4 is 10.2 Å². The van der Waals surface area contributed by atoms with Crippen molar-refractivity contribution < 1.29 is 14.3 Å². The van der Waals surface area contributed by atoms with Crippen molar-refractivity contribution in [3.05, 3.63) is 28.8 Å². The molecule has 2 aliphatic rings. The third kappa shape index (κ3) is 3.67. The van der Waals surface area contributed by atoms with Gasteiger partial charge >= 0.3 is 0 Å². The number of halogens is 1. The molecular weight excluding hydrogens is 316 g/mol. The number of rotatable bonds is 4. The smallest absolute Gasteiger partial charge is 0.227 e. The van der Waals surface area contributed by atoms with Crippen molar-refractivity contribution in [3.63, 3.8) is 0 Å². The first-order valence-electron chi connectivity index (χ1n) is 8.00. The topological polar surface area (TPSA) is 58.6 Å². The molecule has 0 unspecified atom stereocenters. The van der Waals surface area contributed by atoms with Crippen LogP contribution in [0.4, 0.5) is 5.69 Å². The number of hydrogen-bond donors (Lipinski definition) is 1. The van der Waals surface area contributed by atoms with Crippen LogP contribution in [0.3, 0.4) is 0 Å². The molecule has 0 aliphatic carbocycles. The molecule has 2 fully saturated rings. The number of benzene rings is 1. The first-order valence-corrected chi connectivity index (χ1v) is 8.38. The lowest BCUT2D eigenvalue weighted by Crippen LogP contribution is -2.37. The maximum Gasteiger partial charge on any atom is 0.227 e. The van der Waals surface area contributed by atoms with E-state index in [4.69, 9.17) is 16.3 Å². The van der Waals surface area contributed by atoms with Gasteiger partial charge in [-0.1, -0.05) is 17.7 Å². The number of nitrogens with one attached hydrogen (secondary N) is 1. The van der Waals surface area contributed by atoms with Crippen molar-refractivity contribution in [1.29, 1.82) is 0 Å². The standard InChI is InChI=1S/C17H21ClN2O3/c1-11-4-5-13(8-15(11)18)20-10-12(7-16(20)21)17(22)19-9-14-3-2-6-23-14/h4-5,8,12,14H,2-3,6-7,9-10H2,1H3,(H,19,22)/t12-,14+/m1/s1. The Morgan fingerprint density at radius 2 is 2.30 bits per heavy atom. The molecule has 5 nitrogen and oxygen atoms in total. The summed E-state index contributed by atoms with van der Waals surface area (Å²) in [4.78, 5) is 26.1. The minimum atomic E-state index is -0.316. The molecule has 124 valence electrons. The fraction of sp³-hybridized carbons (Fsp3) is 0.529. The molecular formula is C17H21ClN2O3. The number of carbonyl (C=O) groups excluding carboxylic acids is 2. The van der Waals surface area contributed by atoms with Gasteiger partial charge < -0.3 is 15.0 Å². The molecule has 0 saturated carbocycles. The van der Waals surface area contributed by atoms with Gasteiger partial charge in [-0.3, -0.25) is 9.59 Å². The summed E-state index contributed by atoms with van der Waals surface area (Å²) in [6.07, 6.45) is 2.38. The fourth-order valence-corrected chi connectivity index (χ4v) is 3.22. The van der Waals surface area contributed by atoms with Crippen molar-refractivity contribution in [3.8, 4) is 0 Å². The summed E-state index contributed by atoms with van der Waals surface area (Å²) in [6.45, 7) is 3.61. The largest absolute Gasteiger partial charge is 0.376 e. The Morgan fingerprint density at radius 3 is 3.00 bits per heavy atom. The van der Waals surface area contributed by atoms with E-state index in [0.717, 1.165) is 30.7 Å². The highest BCUT2D eigenvalue weighted by Crippen LogP contribution is 2.28. The average molecular weight is 337 g/mol. The van der Waals surface area contributed by atoms with Crippen molar-refractivity contribution in [1.82, 2.24) is 5.32 Å². The summed E-state index contributed by atoms with van der Waals surface area (Å²) < 4.78 is 5.50. The van der Waals surface area contributed by atoms with Gasteiger partial charge in [0.15, 0.2) is 0 Å². The zero-order chi connectivity index (χ0) is 16.4. The van der Waals surface area contributed by atoms with Gasteiger partial charge in [-0.25, -0.2) is 0 Å². The van der Waals surface area contributed by atoms with Crippen molar-refractivity contribution in [2.45, 2.75) is 32.3 Å². The molecule has 1 aromatic rings. The molecule has 2 heterocycles. The second-order valence-corrected chi connectivity index (χ2v) is 6.63. The summed E-state index contributed by atoms with van der Waals surface area (Å²) in [5.74, 6) is -0.430. The maximum absolute atomic E-state index is 12.3. The SMILES string of the molecule is Cc1ccc(N2C[C@H](C(=O)NC[C@@H]3CCCO3)CC2=O)cc1Cl. The van der Waals surface area contributed by atoms with Crippen LogP contribution in [-0.4, -0.2) is 37.6 Å². The van der Waals surface area contributed by atoms with E-state index in [9.17, 15) is 9.59 Å². The van der Waals surface area contributed by atoms with Gasteiger partial charge in [0.25, 0.3) is 0 Å². The third-order valence-electron chi connectivity index (χ3n) is 4.49. The number of nitrogens with zero attached hydrogens (tertiary/aromatic N) is 1. The molecule has 1 N–H and O–H groups in total. The van der Waals surface area contributed by atoms with E-state index < -0.39 is 0 Å². The third-order valence-corrected chi connectivity index (χ3v) is 4.90. The molecule has 2 saturated heterocycles. The average Bonchev–Trinajstić information content (AvgIpc) is 3.17. The van der Waals surface area contributed by atoms with Crippen LogP contribution in [0.2, 0.25) is 5.02 Å². The summed E-state index contributed by atoms with van der Waals surface area (Å²) in [6, 6.07) is 5.53. The highest BCUT2D eigenvalue weighted by Gasteiger charge is 2.35. The number of hydrogen-bond acceptors (Lipinski definition) is 3. The second kappa shape index (κ2) is 6.89. The Morgan fingerprint density at radius 1 is 1.48 bits per heavy atom. The molecule has 2 amide bonds. The highest BCUT2D eigenvalue weighted by atomic mass is 35.5. The number of ether oxygens (including phenoxy) is 1. The van der Waals surface area contributed by atoms with E-state index >= 15 is 0 Å². The monoisotopic (exact) mass is 336 g/mol. The molecule has 6 heteroatoms. The maximum atomic E-state index is 12.3. The summed E-state index contributed by atoms with van der Waals surface area (Å²) in [5, 5.41) is 3.54. The van der Waals surface area contributed by atoms with Crippen LogP contribution in [0.25, 0.3) is 0 Å². The van der Waals surface area contributed by atoms with Crippen molar-refractivity contribution in [2.75, 3.05) is 24.6 Å². The van der Waals surface area contributed by atoms with E-state index in [1.165, 1.54) is 0 Å². The molecule has 0 bridgehead atoms. The van der Waals surface area contributed by atoms with E-state index in [1.807, 2.05) is 19.1 Å². The van der Waals surface area contributed by atoms with Crippen molar-refractivity contribution in [2.24, 2.45) is 5.92 Å². The molecule has 0 radical (unpaired) electrons. The van der Waals surface area contributed by atoms with E-state index in [2.05, 4.69) is 5.32 Å². The molecule has 23 heavy (non-hydrogen) atoms. The van der Waals surface area contributed by atoms with Gasteiger partial charge in [0.2, 0.25) is 11.8 Å². The minimum Gasteiger partial charge on any atom is -0.376 e. The second-order valence-electron chi connectivity index (χ2n) is 6.22. The molecule has 0 spiro atoms. The number of amides is 2. The Balaban J connectivity index is 1.59. The zero-order valence-electron chi connectivity index (χ0n) is 13.2. The first kappa shape index (κ1) is 16.3. The van der Waals surface area contributed by atoms with E-state index in [1.54, 1.807) is 11.0 Å².